The highest BCUT2D eigenvalue weighted by atomic mass is 79.9. The maximum Gasteiger partial charge on any atom is 0.151 e. The molecule has 3 nitrogen and oxygen atoms in total. The van der Waals surface area contributed by atoms with Gasteiger partial charge in [-0.1, -0.05) is 17.7 Å². The largest absolute Gasteiger partial charge is 0.486 e. The number of hydrogen-bond acceptors (Lipinski definition) is 2. The Morgan fingerprint density at radius 2 is 1.95 bits per heavy atom. The summed E-state index contributed by atoms with van der Waals surface area (Å²) in [5, 5.41) is 0. The number of hydrogen-bond donors (Lipinski definition) is 0. The maximum atomic E-state index is 5.75. The molecule has 0 fully saturated rings. The normalized spacial score (nSPS) is 10.8. The minimum atomic E-state index is 0.452. The molecule has 0 bridgehead atoms. The lowest BCUT2D eigenvalue weighted by molar-refractivity contribution is 0.295. The summed E-state index contributed by atoms with van der Waals surface area (Å²) in [7, 11) is 0. The minimum absolute atomic E-state index is 0.452. The van der Waals surface area contributed by atoms with E-state index in [1.165, 1.54) is 5.56 Å². The highest BCUT2D eigenvalue weighted by molar-refractivity contribution is 9.10. The molecule has 0 aliphatic carbocycles. The second-order valence-corrected chi connectivity index (χ2v) is 5.33. The number of nitrogens with zero attached hydrogens (tertiary/aromatic N) is 2. The van der Waals surface area contributed by atoms with E-state index in [0.717, 1.165) is 21.6 Å². The Morgan fingerprint density at radius 3 is 2.74 bits per heavy atom. The van der Waals surface area contributed by atoms with E-state index in [9.17, 15) is 0 Å². The third-order valence-corrected chi connectivity index (χ3v) is 3.43. The molecule has 3 rings (SSSR count). The molecule has 0 atom stereocenters. The van der Waals surface area contributed by atoms with Gasteiger partial charge in [0.25, 0.3) is 0 Å². The molecule has 0 N–H and O–H groups in total. The van der Waals surface area contributed by atoms with E-state index in [0.29, 0.717) is 6.61 Å². The second kappa shape index (κ2) is 5.05. The third kappa shape index (κ3) is 2.63. The number of benzene rings is 1. The number of imidazole rings is 1. The number of ether oxygens (including phenoxy) is 1. The predicted octanol–water partition coefficient (Wildman–Crippen LogP) is 3.98. The Morgan fingerprint density at radius 1 is 1.16 bits per heavy atom. The number of rotatable bonds is 3. The summed E-state index contributed by atoms with van der Waals surface area (Å²) >= 11 is 3.47. The van der Waals surface area contributed by atoms with E-state index >= 15 is 0 Å². The average Bonchev–Trinajstić information content (AvgIpc) is 2.80. The van der Waals surface area contributed by atoms with E-state index < -0.39 is 0 Å². The molecular weight excluding hydrogens is 304 g/mol. The van der Waals surface area contributed by atoms with E-state index in [-0.39, 0.29) is 0 Å². The third-order valence-electron chi connectivity index (χ3n) is 2.96. The van der Waals surface area contributed by atoms with Gasteiger partial charge in [0.2, 0.25) is 0 Å². The number of aromatic nitrogens is 2. The van der Waals surface area contributed by atoms with Crippen molar-refractivity contribution in [1.29, 1.82) is 0 Å². The van der Waals surface area contributed by atoms with Crippen LogP contribution in [0.1, 0.15) is 11.4 Å². The first-order valence-electron chi connectivity index (χ1n) is 6.03. The van der Waals surface area contributed by atoms with E-state index in [4.69, 9.17) is 4.74 Å². The van der Waals surface area contributed by atoms with Crippen LogP contribution in [-0.2, 0) is 6.61 Å². The molecule has 0 spiro atoms. The number of fused-ring (bicyclic) bond motifs is 1. The monoisotopic (exact) mass is 316 g/mol. The van der Waals surface area contributed by atoms with Gasteiger partial charge in [0.15, 0.2) is 5.82 Å². The Hall–Kier alpha value is -1.81. The molecule has 2 heterocycles. The smallest absolute Gasteiger partial charge is 0.151 e. The van der Waals surface area contributed by atoms with Crippen LogP contribution >= 0.6 is 15.9 Å². The van der Waals surface area contributed by atoms with Gasteiger partial charge in [0.05, 0.1) is 11.7 Å². The zero-order valence-corrected chi connectivity index (χ0v) is 12.1. The Labute approximate surface area is 120 Å². The highest BCUT2D eigenvalue weighted by Gasteiger charge is 2.04. The van der Waals surface area contributed by atoms with Crippen LogP contribution in [0.15, 0.2) is 53.3 Å². The van der Waals surface area contributed by atoms with Crippen molar-refractivity contribution in [2.45, 2.75) is 13.5 Å². The van der Waals surface area contributed by atoms with Crippen LogP contribution in [0.5, 0.6) is 5.75 Å². The molecule has 1 aromatic carbocycles. The Kier molecular flexibility index (Phi) is 3.25. The maximum absolute atomic E-state index is 5.75. The predicted molar refractivity (Wildman–Crippen MR) is 78.4 cm³/mol. The summed E-state index contributed by atoms with van der Waals surface area (Å²) in [5.41, 5.74) is 2.29. The molecule has 96 valence electrons. The lowest BCUT2D eigenvalue weighted by Gasteiger charge is -2.06. The average molecular weight is 317 g/mol. The molecule has 4 heteroatoms. The highest BCUT2D eigenvalue weighted by Crippen LogP contribution is 2.16. The van der Waals surface area contributed by atoms with Crippen LogP contribution in [0.2, 0.25) is 0 Å². The molecule has 0 aliphatic rings. The number of aryl methyl sites for hydroxylation is 1. The van der Waals surface area contributed by atoms with Crippen molar-refractivity contribution in [2.75, 3.05) is 0 Å². The van der Waals surface area contributed by atoms with Gasteiger partial charge >= 0.3 is 0 Å². The lowest BCUT2D eigenvalue weighted by Crippen LogP contribution is -2.01. The Balaban J connectivity index is 1.81. The van der Waals surface area contributed by atoms with Crippen molar-refractivity contribution in [3.63, 3.8) is 0 Å². The summed E-state index contributed by atoms with van der Waals surface area (Å²) in [4.78, 5) is 4.39. The van der Waals surface area contributed by atoms with Crippen molar-refractivity contribution in [3.05, 3.63) is 64.7 Å². The molecule has 0 unspecified atom stereocenters. The van der Waals surface area contributed by atoms with Gasteiger partial charge in [-0.25, -0.2) is 4.98 Å². The lowest BCUT2D eigenvalue weighted by atomic mass is 10.2. The molecule has 19 heavy (non-hydrogen) atoms. The quantitative estimate of drug-likeness (QED) is 0.730. The van der Waals surface area contributed by atoms with E-state index in [1.807, 2.05) is 53.2 Å². The number of halogens is 1. The van der Waals surface area contributed by atoms with Crippen LogP contribution in [0.3, 0.4) is 0 Å². The van der Waals surface area contributed by atoms with Gasteiger partial charge in [0.1, 0.15) is 12.4 Å². The SMILES string of the molecule is Cc1ccc(OCc2ncc3ccc(Br)cn23)cc1. The van der Waals surface area contributed by atoms with Gasteiger partial charge in [-0.15, -0.1) is 0 Å². The first-order chi connectivity index (χ1) is 9.22. The topological polar surface area (TPSA) is 26.5 Å². The van der Waals surface area contributed by atoms with E-state index in [1.54, 1.807) is 0 Å². The summed E-state index contributed by atoms with van der Waals surface area (Å²) in [5.74, 6) is 1.74. The summed E-state index contributed by atoms with van der Waals surface area (Å²) in [6, 6.07) is 12.0. The van der Waals surface area contributed by atoms with Crippen molar-refractivity contribution < 1.29 is 4.74 Å². The molecule has 0 saturated carbocycles. The molecule has 0 radical (unpaired) electrons. The second-order valence-electron chi connectivity index (χ2n) is 4.42. The molecule has 0 saturated heterocycles. The fourth-order valence-electron chi connectivity index (χ4n) is 1.91. The van der Waals surface area contributed by atoms with Crippen LogP contribution in [0, 0.1) is 6.92 Å². The number of pyridine rings is 1. The van der Waals surface area contributed by atoms with Gasteiger partial charge in [-0.3, -0.25) is 4.40 Å². The molecule has 0 amide bonds. The molecule has 3 aromatic rings. The summed E-state index contributed by atoms with van der Waals surface area (Å²) in [6.07, 6.45) is 3.84. The first kappa shape index (κ1) is 12.2. The van der Waals surface area contributed by atoms with Crippen molar-refractivity contribution in [3.8, 4) is 5.75 Å². The zero-order chi connectivity index (χ0) is 13.2. The first-order valence-corrected chi connectivity index (χ1v) is 6.82. The fourth-order valence-corrected chi connectivity index (χ4v) is 2.24. The zero-order valence-electron chi connectivity index (χ0n) is 10.5. The van der Waals surface area contributed by atoms with Crippen molar-refractivity contribution in [2.24, 2.45) is 0 Å². The van der Waals surface area contributed by atoms with Crippen molar-refractivity contribution in [1.82, 2.24) is 9.38 Å². The van der Waals surface area contributed by atoms with Crippen LogP contribution in [0.25, 0.3) is 5.52 Å². The van der Waals surface area contributed by atoms with Crippen molar-refractivity contribution >= 4 is 21.4 Å². The van der Waals surface area contributed by atoms with Crippen LogP contribution in [0.4, 0.5) is 0 Å². The minimum Gasteiger partial charge on any atom is -0.486 e. The van der Waals surface area contributed by atoms with E-state index in [2.05, 4.69) is 27.8 Å². The van der Waals surface area contributed by atoms with Gasteiger partial charge < -0.3 is 4.74 Å². The van der Waals surface area contributed by atoms with Gasteiger partial charge in [0, 0.05) is 10.7 Å². The summed E-state index contributed by atoms with van der Waals surface area (Å²) < 4.78 is 8.80. The van der Waals surface area contributed by atoms with Crippen LogP contribution in [-0.4, -0.2) is 9.38 Å². The molecule has 2 aromatic heterocycles. The standard InChI is InChI=1S/C15H13BrN2O/c1-11-2-6-14(7-3-11)19-10-15-17-8-13-5-4-12(16)9-18(13)15/h2-9H,10H2,1H3. The van der Waals surface area contributed by atoms with Gasteiger partial charge in [-0.2, -0.15) is 0 Å². The Bertz CT molecular complexity index is 704. The molecular formula is C15H13BrN2O. The van der Waals surface area contributed by atoms with Crippen LogP contribution < -0.4 is 4.74 Å². The fraction of sp³-hybridized carbons (Fsp3) is 0.133. The molecule has 0 aliphatic heterocycles. The van der Waals surface area contributed by atoms with Gasteiger partial charge in [-0.05, 0) is 47.1 Å². The summed E-state index contributed by atoms with van der Waals surface area (Å²) in [6.45, 7) is 2.51.